The zero-order chi connectivity index (χ0) is 5.70. The first-order valence-electron chi connectivity index (χ1n) is 2.06. The van der Waals surface area contributed by atoms with Gasteiger partial charge in [0, 0.05) is 13.0 Å². The molecule has 43 valence electrons. The molecule has 0 unspecified atom stereocenters. The summed E-state index contributed by atoms with van der Waals surface area (Å²) in [5.74, 6) is 0. The molecule has 0 bridgehead atoms. The molecule has 1 radical (unpaired) electrons. The fraction of sp³-hybridized carbons (Fsp3) is 0.750. The average Bonchev–Trinajstić information content (AvgIpc) is 1.68. The lowest BCUT2D eigenvalue weighted by molar-refractivity contribution is 0.155. The van der Waals surface area contributed by atoms with E-state index >= 15 is 0 Å². The van der Waals surface area contributed by atoms with Crippen LogP contribution in [-0.4, -0.2) is 28.5 Å². The molecule has 3 heteroatoms. The molecule has 7 heavy (non-hydrogen) atoms. The van der Waals surface area contributed by atoms with Gasteiger partial charge in [0.2, 0.25) is 0 Å². The number of aliphatic hydroxyl groups excluding tert-OH is 3. The van der Waals surface area contributed by atoms with Gasteiger partial charge in [-0.3, -0.25) is 0 Å². The van der Waals surface area contributed by atoms with Crippen LogP contribution in [0, 0.1) is 6.10 Å². The topological polar surface area (TPSA) is 60.7 Å². The highest BCUT2D eigenvalue weighted by atomic mass is 16.3. The van der Waals surface area contributed by atoms with Gasteiger partial charge in [0.15, 0.2) is 0 Å². The summed E-state index contributed by atoms with van der Waals surface area (Å²) in [5.41, 5.74) is 0. The molecule has 0 saturated heterocycles. The van der Waals surface area contributed by atoms with Crippen molar-refractivity contribution in [1.82, 2.24) is 0 Å². The molecule has 0 aromatic heterocycles. The monoisotopic (exact) mass is 105 g/mol. The zero-order valence-corrected chi connectivity index (χ0v) is 3.96. The van der Waals surface area contributed by atoms with E-state index in [-0.39, 0.29) is 25.7 Å². The Morgan fingerprint density at radius 3 is 2.00 bits per heavy atom. The van der Waals surface area contributed by atoms with Gasteiger partial charge >= 0.3 is 0 Å². The van der Waals surface area contributed by atoms with Gasteiger partial charge in [-0.05, 0) is 0 Å². The van der Waals surface area contributed by atoms with E-state index in [1.54, 1.807) is 0 Å². The third-order valence-electron chi connectivity index (χ3n) is 0.583. The van der Waals surface area contributed by atoms with Crippen molar-refractivity contribution in [2.75, 3.05) is 13.2 Å². The fourth-order valence-electron chi connectivity index (χ4n) is 0.208. The van der Waals surface area contributed by atoms with Crippen molar-refractivity contribution >= 4 is 0 Å². The van der Waals surface area contributed by atoms with Gasteiger partial charge in [-0.2, -0.15) is 0 Å². The SMILES string of the molecule is OCC[C](O)CO. The van der Waals surface area contributed by atoms with Gasteiger partial charge in [0.25, 0.3) is 0 Å². The highest BCUT2D eigenvalue weighted by Gasteiger charge is 1.98. The smallest absolute Gasteiger partial charge is 0.121 e. The summed E-state index contributed by atoms with van der Waals surface area (Å²) in [4.78, 5) is 0. The lowest BCUT2D eigenvalue weighted by atomic mass is 10.3. The molecule has 0 aliphatic rings. The molecule has 0 aromatic rings. The van der Waals surface area contributed by atoms with E-state index in [9.17, 15) is 0 Å². The predicted octanol–water partition coefficient (Wildman–Crippen LogP) is -0.734. The molecule has 0 amide bonds. The maximum atomic E-state index is 8.36. The summed E-state index contributed by atoms with van der Waals surface area (Å²) in [6.45, 7) is -0.451. The standard InChI is InChI=1S/C4H9O3/c5-2-1-4(7)3-6/h5-7H,1-3H2. The predicted molar refractivity (Wildman–Crippen MR) is 24.0 cm³/mol. The van der Waals surface area contributed by atoms with Gasteiger partial charge in [0.05, 0.1) is 6.61 Å². The third-order valence-corrected chi connectivity index (χ3v) is 0.583. The van der Waals surface area contributed by atoms with E-state index in [0.29, 0.717) is 0 Å². The summed E-state index contributed by atoms with van der Waals surface area (Å²) in [7, 11) is 0. The van der Waals surface area contributed by atoms with E-state index < -0.39 is 0 Å². The van der Waals surface area contributed by atoms with Crippen LogP contribution >= 0.6 is 0 Å². The van der Waals surface area contributed by atoms with Gasteiger partial charge in [-0.1, -0.05) is 0 Å². The molecular formula is C4H9O3. The highest BCUT2D eigenvalue weighted by molar-refractivity contribution is 4.71. The summed E-state index contributed by atoms with van der Waals surface area (Å²) in [5, 5.41) is 24.5. The Labute approximate surface area is 42.2 Å². The Morgan fingerprint density at radius 1 is 1.29 bits per heavy atom. The highest BCUT2D eigenvalue weighted by Crippen LogP contribution is 1.95. The van der Waals surface area contributed by atoms with Gasteiger partial charge < -0.3 is 15.3 Å². The maximum absolute atomic E-state index is 8.36. The minimum atomic E-state index is -0.347. The maximum Gasteiger partial charge on any atom is 0.121 e. The van der Waals surface area contributed by atoms with Crippen molar-refractivity contribution in [2.45, 2.75) is 6.42 Å². The van der Waals surface area contributed by atoms with Gasteiger partial charge in [0.1, 0.15) is 6.10 Å². The van der Waals surface area contributed by atoms with Crippen LogP contribution in [0.4, 0.5) is 0 Å². The first kappa shape index (κ1) is 6.88. The second kappa shape index (κ2) is 4.05. The van der Waals surface area contributed by atoms with Crippen LogP contribution in [0.2, 0.25) is 0 Å². The van der Waals surface area contributed by atoms with Crippen molar-refractivity contribution < 1.29 is 15.3 Å². The number of aliphatic hydroxyl groups is 3. The molecule has 0 heterocycles. The molecule has 0 atom stereocenters. The van der Waals surface area contributed by atoms with Crippen molar-refractivity contribution in [3.63, 3.8) is 0 Å². The molecule has 0 saturated carbocycles. The summed E-state index contributed by atoms with van der Waals surface area (Å²) in [6, 6.07) is 0. The first-order chi connectivity index (χ1) is 3.31. The molecule has 0 aliphatic heterocycles. The lowest BCUT2D eigenvalue weighted by Gasteiger charge is -1.98. The van der Waals surface area contributed by atoms with E-state index in [0.717, 1.165) is 0 Å². The lowest BCUT2D eigenvalue weighted by Crippen LogP contribution is -2.03. The Hall–Kier alpha value is -0.120. The Bertz CT molecular complexity index is 37.9. The van der Waals surface area contributed by atoms with E-state index in [2.05, 4.69) is 0 Å². The Balaban J connectivity index is 2.83. The molecular weight excluding hydrogens is 96.0 g/mol. The van der Waals surface area contributed by atoms with E-state index in [4.69, 9.17) is 15.3 Å². The Kier molecular flexibility index (Phi) is 3.98. The largest absolute Gasteiger partial charge is 0.396 e. The van der Waals surface area contributed by atoms with E-state index in [1.165, 1.54) is 0 Å². The fourth-order valence-corrected chi connectivity index (χ4v) is 0.208. The van der Waals surface area contributed by atoms with Crippen LogP contribution in [0.5, 0.6) is 0 Å². The number of hydrogen-bond donors (Lipinski definition) is 3. The molecule has 3 nitrogen and oxygen atoms in total. The average molecular weight is 105 g/mol. The molecule has 0 spiro atoms. The van der Waals surface area contributed by atoms with Crippen LogP contribution in [0.3, 0.4) is 0 Å². The van der Waals surface area contributed by atoms with Crippen molar-refractivity contribution in [3.8, 4) is 0 Å². The summed E-state index contributed by atoms with van der Waals surface area (Å²) in [6.07, 6.45) is 0.110. The molecule has 0 fully saturated rings. The number of rotatable bonds is 3. The second-order valence-electron chi connectivity index (χ2n) is 1.20. The minimum absolute atomic E-state index is 0.0671. The van der Waals surface area contributed by atoms with Crippen LogP contribution in [0.25, 0.3) is 0 Å². The molecule has 3 N–H and O–H groups in total. The third kappa shape index (κ3) is 3.72. The second-order valence-corrected chi connectivity index (χ2v) is 1.20. The Morgan fingerprint density at radius 2 is 1.86 bits per heavy atom. The first-order valence-corrected chi connectivity index (χ1v) is 2.06. The van der Waals surface area contributed by atoms with Gasteiger partial charge in [-0.25, -0.2) is 0 Å². The van der Waals surface area contributed by atoms with E-state index in [1.807, 2.05) is 0 Å². The molecule has 0 aromatic carbocycles. The minimum Gasteiger partial charge on any atom is -0.396 e. The van der Waals surface area contributed by atoms with Crippen molar-refractivity contribution in [3.05, 3.63) is 6.10 Å². The van der Waals surface area contributed by atoms with Crippen LogP contribution < -0.4 is 0 Å². The molecule has 0 rings (SSSR count). The van der Waals surface area contributed by atoms with Crippen LogP contribution in [0.15, 0.2) is 0 Å². The molecule has 0 aliphatic carbocycles. The zero-order valence-electron chi connectivity index (χ0n) is 3.96. The quantitative estimate of drug-likeness (QED) is 0.443. The number of hydrogen-bond acceptors (Lipinski definition) is 3. The summed E-state index contributed by atoms with van der Waals surface area (Å²) >= 11 is 0. The van der Waals surface area contributed by atoms with Crippen molar-refractivity contribution in [2.24, 2.45) is 0 Å². The van der Waals surface area contributed by atoms with Gasteiger partial charge in [-0.15, -0.1) is 0 Å². The van der Waals surface area contributed by atoms with Crippen LogP contribution in [0.1, 0.15) is 6.42 Å². The summed E-state index contributed by atoms with van der Waals surface area (Å²) < 4.78 is 0. The van der Waals surface area contributed by atoms with Crippen LogP contribution in [-0.2, 0) is 0 Å². The van der Waals surface area contributed by atoms with Crippen molar-refractivity contribution in [1.29, 1.82) is 0 Å². The normalized spacial score (nSPS) is 10.3.